The molecular formula is C21H18FN3O3. The van der Waals surface area contributed by atoms with E-state index in [4.69, 9.17) is 4.74 Å². The number of amides is 2. The summed E-state index contributed by atoms with van der Waals surface area (Å²) >= 11 is 0. The molecule has 0 radical (unpaired) electrons. The summed E-state index contributed by atoms with van der Waals surface area (Å²) < 4.78 is 18.7. The zero-order valence-electron chi connectivity index (χ0n) is 15.2. The fourth-order valence-corrected chi connectivity index (χ4v) is 3.59. The molecule has 6 nitrogen and oxygen atoms in total. The molecule has 0 aliphatic carbocycles. The summed E-state index contributed by atoms with van der Waals surface area (Å²) in [6, 6.07) is 12.5. The molecule has 1 atom stereocenters. The lowest BCUT2D eigenvalue weighted by molar-refractivity contribution is -0.121. The first-order valence-electron chi connectivity index (χ1n) is 8.86. The molecule has 4 rings (SSSR count). The number of nitrogens with one attached hydrogen (secondary N) is 1. The van der Waals surface area contributed by atoms with Crippen molar-refractivity contribution in [2.75, 3.05) is 19.0 Å². The van der Waals surface area contributed by atoms with E-state index in [-0.39, 0.29) is 0 Å². The van der Waals surface area contributed by atoms with Crippen molar-refractivity contribution in [1.29, 1.82) is 0 Å². The van der Waals surface area contributed by atoms with E-state index in [1.807, 2.05) is 24.3 Å². The maximum absolute atomic E-state index is 13.9. The van der Waals surface area contributed by atoms with Gasteiger partial charge in [0, 0.05) is 18.1 Å². The molecule has 1 aliphatic rings. The largest absolute Gasteiger partial charge is 0.453 e. The molecule has 2 heterocycles. The number of hydrogen-bond acceptors (Lipinski definition) is 4. The molecule has 3 aromatic rings. The summed E-state index contributed by atoms with van der Waals surface area (Å²) in [5.41, 5.74) is 2.45. The number of benzene rings is 2. The SMILES string of the molecule is COC(=O)N1CCc2ccc(F)cc2[C@H]1C(=O)Nc1cccc2cccnc12. The Morgan fingerprint density at radius 2 is 2.04 bits per heavy atom. The van der Waals surface area contributed by atoms with Crippen LogP contribution in [0.1, 0.15) is 17.2 Å². The number of para-hydroxylation sites is 1. The second-order valence-corrected chi connectivity index (χ2v) is 6.53. The van der Waals surface area contributed by atoms with Gasteiger partial charge in [0.2, 0.25) is 0 Å². The van der Waals surface area contributed by atoms with Crippen molar-refractivity contribution in [1.82, 2.24) is 9.88 Å². The molecular weight excluding hydrogens is 361 g/mol. The van der Waals surface area contributed by atoms with E-state index in [1.54, 1.807) is 18.3 Å². The number of hydrogen-bond donors (Lipinski definition) is 1. The minimum atomic E-state index is -0.995. The first kappa shape index (κ1) is 17.9. The summed E-state index contributed by atoms with van der Waals surface area (Å²) in [6.07, 6.45) is 1.53. The highest BCUT2D eigenvalue weighted by Gasteiger charge is 2.37. The smallest absolute Gasteiger partial charge is 0.410 e. The Labute approximate surface area is 160 Å². The predicted octanol–water partition coefficient (Wildman–Crippen LogP) is 3.68. The molecule has 28 heavy (non-hydrogen) atoms. The zero-order chi connectivity index (χ0) is 19.7. The Bertz CT molecular complexity index is 1060. The highest BCUT2D eigenvalue weighted by molar-refractivity contribution is 6.03. The van der Waals surface area contributed by atoms with Crippen LogP contribution in [0.25, 0.3) is 10.9 Å². The molecule has 0 spiro atoms. The lowest BCUT2D eigenvalue weighted by Crippen LogP contribution is -2.45. The van der Waals surface area contributed by atoms with Crippen LogP contribution in [0.3, 0.4) is 0 Å². The van der Waals surface area contributed by atoms with Crippen molar-refractivity contribution in [2.24, 2.45) is 0 Å². The number of nitrogens with zero attached hydrogens (tertiary/aromatic N) is 2. The van der Waals surface area contributed by atoms with E-state index in [1.165, 1.54) is 24.1 Å². The Morgan fingerprint density at radius 3 is 2.86 bits per heavy atom. The molecule has 7 heteroatoms. The van der Waals surface area contributed by atoms with Crippen LogP contribution >= 0.6 is 0 Å². The average Bonchev–Trinajstić information content (AvgIpc) is 2.72. The summed E-state index contributed by atoms with van der Waals surface area (Å²) in [6.45, 7) is 0.303. The number of methoxy groups -OCH3 is 1. The molecule has 2 aromatic carbocycles. The van der Waals surface area contributed by atoms with E-state index >= 15 is 0 Å². The number of fused-ring (bicyclic) bond motifs is 2. The van der Waals surface area contributed by atoms with Crippen molar-refractivity contribution in [2.45, 2.75) is 12.5 Å². The summed E-state index contributed by atoms with van der Waals surface area (Å²) in [4.78, 5) is 31.1. The molecule has 142 valence electrons. The third-order valence-corrected chi connectivity index (χ3v) is 4.88. The number of pyridine rings is 1. The Balaban J connectivity index is 1.74. The maximum atomic E-state index is 13.9. The van der Waals surface area contributed by atoms with Gasteiger partial charge < -0.3 is 10.1 Å². The number of anilines is 1. The van der Waals surface area contributed by atoms with Crippen molar-refractivity contribution in [3.05, 3.63) is 71.7 Å². The van der Waals surface area contributed by atoms with Gasteiger partial charge in [0.1, 0.15) is 11.9 Å². The Hall–Kier alpha value is -3.48. The zero-order valence-corrected chi connectivity index (χ0v) is 15.2. The molecule has 0 unspecified atom stereocenters. The van der Waals surface area contributed by atoms with Crippen molar-refractivity contribution in [3.63, 3.8) is 0 Å². The van der Waals surface area contributed by atoms with E-state index in [0.717, 1.165) is 10.9 Å². The van der Waals surface area contributed by atoms with E-state index < -0.39 is 23.9 Å². The van der Waals surface area contributed by atoms with Gasteiger partial charge in [-0.05, 0) is 41.8 Å². The molecule has 0 saturated heterocycles. The third-order valence-electron chi connectivity index (χ3n) is 4.88. The van der Waals surface area contributed by atoms with Gasteiger partial charge >= 0.3 is 6.09 Å². The van der Waals surface area contributed by atoms with Gasteiger partial charge in [0.05, 0.1) is 18.3 Å². The van der Waals surface area contributed by atoms with Crippen LogP contribution < -0.4 is 5.32 Å². The second kappa shape index (κ2) is 7.26. The first-order valence-corrected chi connectivity index (χ1v) is 8.86. The molecule has 2 amide bonds. The van der Waals surface area contributed by atoms with E-state index in [2.05, 4.69) is 10.3 Å². The lowest BCUT2D eigenvalue weighted by atomic mass is 9.92. The Kier molecular flexibility index (Phi) is 4.65. The Morgan fingerprint density at radius 1 is 1.21 bits per heavy atom. The normalized spacial score (nSPS) is 15.8. The monoisotopic (exact) mass is 379 g/mol. The predicted molar refractivity (Wildman–Crippen MR) is 102 cm³/mol. The standard InChI is InChI=1S/C21H18FN3O3/c1-28-21(27)25-11-9-13-7-8-15(22)12-16(13)19(25)20(26)24-17-6-2-4-14-5-3-10-23-18(14)17/h2-8,10,12,19H,9,11H2,1H3,(H,24,26)/t19-/m0/s1. The van der Waals surface area contributed by atoms with Gasteiger partial charge in [-0.15, -0.1) is 0 Å². The van der Waals surface area contributed by atoms with Crippen molar-refractivity contribution < 1.29 is 18.7 Å². The van der Waals surface area contributed by atoms with Crippen LogP contribution in [0.2, 0.25) is 0 Å². The number of ether oxygens (including phenoxy) is 1. The summed E-state index contributed by atoms with van der Waals surface area (Å²) in [5, 5.41) is 3.73. The molecule has 1 aliphatic heterocycles. The molecule has 0 fully saturated rings. The van der Waals surface area contributed by atoms with Crippen LogP contribution in [-0.4, -0.2) is 35.5 Å². The first-order chi connectivity index (χ1) is 13.6. The fourth-order valence-electron chi connectivity index (χ4n) is 3.59. The van der Waals surface area contributed by atoms with Crippen LogP contribution in [-0.2, 0) is 16.0 Å². The number of rotatable bonds is 2. The van der Waals surface area contributed by atoms with Gasteiger partial charge in [-0.2, -0.15) is 0 Å². The quantitative estimate of drug-likeness (QED) is 0.737. The van der Waals surface area contributed by atoms with Crippen LogP contribution in [0.15, 0.2) is 54.7 Å². The van der Waals surface area contributed by atoms with E-state index in [9.17, 15) is 14.0 Å². The minimum Gasteiger partial charge on any atom is -0.453 e. The van der Waals surface area contributed by atoms with Crippen LogP contribution in [0.4, 0.5) is 14.9 Å². The average molecular weight is 379 g/mol. The molecule has 1 N–H and O–H groups in total. The highest BCUT2D eigenvalue weighted by atomic mass is 19.1. The van der Waals surface area contributed by atoms with Gasteiger partial charge in [0.15, 0.2) is 0 Å². The lowest BCUT2D eigenvalue weighted by Gasteiger charge is -2.35. The van der Waals surface area contributed by atoms with Gasteiger partial charge in [-0.25, -0.2) is 9.18 Å². The summed E-state index contributed by atoms with van der Waals surface area (Å²) in [7, 11) is 1.26. The molecule has 0 bridgehead atoms. The maximum Gasteiger partial charge on any atom is 0.410 e. The fraction of sp³-hybridized carbons (Fsp3) is 0.190. The van der Waals surface area contributed by atoms with Gasteiger partial charge in [-0.1, -0.05) is 24.3 Å². The second-order valence-electron chi connectivity index (χ2n) is 6.53. The highest BCUT2D eigenvalue weighted by Crippen LogP contribution is 2.32. The molecule has 1 aromatic heterocycles. The topological polar surface area (TPSA) is 71.5 Å². The number of carbonyl (C=O) groups excluding carboxylic acids is 2. The number of aromatic nitrogens is 1. The van der Waals surface area contributed by atoms with Crippen LogP contribution in [0, 0.1) is 5.82 Å². The number of carbonyl (C=O) groups is 2. The van der Waals surface area contributed by atoms with E-state index in [0.29, 0.717) is 29.7 Å². The minimum absolute atomic E-state index is 0.303. The van der Waals surface area contributed by atoms with Gasteiger partial charge in [0.25, 0.3) is 5.91 Å². The third kappa shape index (κ3) is 3.15. The summed E-state index contributed by atoms with van der Waals surface area (Å²) in [5.74, 6) is -0.912. The van der Waals surface area contributed by atoms with Crippen molar-refractivity contribution >= 4 is 28.6 Å². The molecule has 0 saturated carbocycles. The number of halogens is 1. The van der Waals surface area contributed by atoms with Crippen LogP contribution in [0.5, 0.6) is 0 Å². The van der Waals surface area contributed by atoms with Gasteiger partial charge in [-0.3, -0.25) is 14.7 Å². The van der Waals surface area contributed by atoms with Crippen molar-refractivity contribution in [3.8, 4) is 0 Å².